The zero-order chi connectivity index (χ0) is 19.8. The zero-order valence-corrected chi connectivity index (χ0v) is 17.4. The topological polar surface area (TPSA) is 104 Å². The largest absolute Gasteiger partial charge is 0.394 e. The van der Waals surface area contributed by atoms with Gasteiger partial charge in [-0.15, -0.1) is 0 Å². The van der Waals surface area contributed by atoms with Gasteiger partial charge in [-0.25, -0.2) is 0 Å². The van der Waals surface area contributed by atoms with Gasteiger partial charge < -0.3 is 15.3 Å². The highest BCUT2D eigenvalue weighted by Crippen LogP contribution is 2.15. The van der Waals surface area contributed by atoms with E-state index in [1.165, 1.54) is 57.8 Å². The molecule has 0 rings (SSSR count). The van der Waals surface area contributed by atoms with E-state index in [0.29, 0.717) is 6.42 Å². The van der Waals surface area contributed by atoms with Gasteiger partial charge in [0.1, 0.15) is 12.2 Å². The fraction of sp³-hybridized carbons (Fsp3) is 1.00. The Labute approximate surface area is 160 Å². The van der Waals surface area contributed by atoms with Gasteiger partial charge in [0.15, 0.2) is 0 Å². The van der Waals surface area contributed by atoms with Crippen LogP contribution in [0.1, 0.15) is 90.4 Å². The van der Waals surface area contributed by atoms with Gasteiger partial charge in [0.25, 0.3) is 10.1 Å². The highest BCUT2D eigenvalue weighted by Gasteiger charge is 2.29. The first kappa shape index (κ1) is 25.8. The molecule has 0 aliphatic carbocycles. The summed E-state index contributed by atoms with van der Waals surface area (Å²) in [5.41, 5.74) is 0. The average molecular weight is 397 g/mol. The maximum absolute atomic E-state index is 11.1. The molecule has 26 heavy (non-hydrogen) atoms. The smallest absolute Gasteiger partial charge is 0.264 e. The van der Waals surface area contributed by atoms with Crippen LogP contribution < -0.4 is 0 Å². The predicted octanol–water partition coefficient (Wildman–Crippen LogP) is 3.14. The number of rotatable bonds is 18. The summed E-state index contributed by atoms with van der Waals surface area (Å²) < 4.78 is 26.7. The molecule has 6 nitrogen and oxygen atoms in total. The second kappa shape index (κ2) is 15.8. The van der Waals surface area contributed by atoms with E-state index in [1.807, 2.05) is 0 Å². The summed E-state index contributed by atoms with van der Waals surface area (Å²) in [6, 6.07) is 0. The molecular weight excluding hydrogens is 356 g/mol. The monoisotopic (exact) mass is 396 g/mol. The average Bonchev–Trinajstić information content (AvgIpc) is 2.59. The summed E-state index contributed by atoms with van der Waals surface area (Å²) in [5.74, 6) is 0. The molecule has 0 saturated carbocycles. The maximum atomic E-state index is 11.1. The molecule has 0 aliphatic rings. The van der Waals surface area contributed by atoms with Crippen molar-refractivity contribution in [1.29, 1.82) is 0 Å². The molecule has 0 aromatic carbocycles. The van der Waals surface area contributed by atoms with Crippen LogP contribution in [0.3, 0.4) is 0 Å². The Hall–Kier alpha value is -0.210. The molecular formula is C19H40O6S. The molecule has 0 spiro atoms. The Morgan fingerprint density at radius 3 is 1.62 bits per heavy atom. The summed E-state index contributed by atoms with van der Waals surface area (Å²) in [4.78, 5) is 0. The summed E-state index contributed by atoms with van der Waals surface area (Å²) in [7, 11) is -3.79. The fourth-order valence-corrected chi connectivity index (χ4v) is 3.66. The Bertz CT molecular complexity index is 412. The van der Waals surface area contributed by atoms with E-state index in [1.54, 1.807) is 0 Å². The summed E-state index contributed by atoms with van der Waals surface area (Å²) in [5, 5.41) is 29.0. The van der Waals surface area contributed by atoms with Crippen molar-refractivity contribution >= 4 is 10.1 Å². The Morgan fingerprint density at radius 2 is 1.23 bits per heavy atom. The zero-order valence-electron chi connectivity index (χ0n) is 16.6. The lowest BCUT2D eigenvalue weighted by molar-refractivity contribution is -0.0661. The van der Waals surface area contributed by atoms with Crippen LogP contribution in [-0.4, -0.2) is 54.9 Å². The number of hydrogen-bond acceptors (Lipinski definition) is 6. The summed E-state index contributed by atoms with van der Waals surface area (Å²) in [6.07, 6.45) is 11.9. The number of aliphatic hydroxyl groups excluding tert-OH is 3. The van der Waals surface area contributed by atoms with Crippen molar-refractivity contribution in [2.45, 2.75) is 109 Å². The highest BCUT2D eigenvalue weighted by molar-refractivity contribution is 7.86. The molecule has 3 unspecified atom stereocenters. The van der Waals surface area contributed by atoms with E-state index in [9.17, 15) is 18.6 Å². The summed E-state index contributed by atoms with van der Waals surface area (Å²) >= 11 is 0. The van der Waals surface area contributed by atoms with Crippen LogP contribution in [0.25, 0.3) is 0 Å². The number of hydrogen-bond donors (Lipinski definition) is 3. The highest BCUT2D eigenvalue weighted by atomic mass is 32.2. The first-order valence-electron chi connectivity index (χ1n) is 10.2. The minimum atomic E-state index is -3.79. The Kier molecular flexibility index (Phi) is 15.7. The fourth-order valence-electron chi connectivity index (χ4n) is 3.03. The molecule has 0 aromatic heterocycles. The third kappa shape index (κ3) is 14.9. The Balaban J connectivity index is 3.65. The second-order valence-corrected chi connectivity index (χ2v) is 8.86. The van der Waals surface area contributed by atoms with E-state index >= 15 is 0 Å². The van der Waals surface area contributed by atoms with Crippen molar-refractivity contribution in [1.82, 2.24) is 0 Å². The van der Waals surface area contributed by atoms with Gasteiger partial charge in [-0.1, -0.05) is 84.0 Å². The van der Waals surface area contributed by atoms with E-state index in [-0.39, 0.29) is 0 Å². The first-order chi connectivity index (χ1) is 12.3. The predicted molar refractivity (Wildman–Crippen MR) is 105 cm³/mol. The lowest BCUT2D eigenvalue weighted by Gasteiger charge is -2.24. The van der Waals surface area contributed by atoms with Crippen LogP contribution >= 0.6 is 0 Å². The molecule has 0 saturated heterocycles. The normalized spacial score (nSPS) is 15.7. The molecule has 0 amide bonds. The van der Waals surface area contributed by atoms with Crippen molar-refractivity contribution < 1.29 is 27.9 Å². The molecule has 7 heteroatoms. The van der Waals surface area contributed by atoms with Crippen molar-refractivity contribution in [2.24, 2.45) is 0 Å². The van der Waals surface area contributed by atoms with Gasteiger partial charge in [-0.3, -0.25) is 4.18 Å². The minimum Gasteiger partial charge on any atom is -0.394 e. The number of aliphatic hydroxyl groups is 3. The molecule has 0 aromatic rings. The molecule has 0 aliphatic heterocycles. The van der Waals surface area contributed by atoms with Crippen molar-refractivity contribution in [3.63, 3.8) is 0 Å². The molecule has 158 valence electrons. The van der Waals surface area contributed by atoms with Crippen LogP contribution in [0.5, 0.6) is 0 Å². The third-order valence-corrected chi connectivity index (χ3v) is 5.20. The van der Waals surface area contributed by atoms with E-state index in [2.05, 4.69) is 11.1 Å². The van der Waals surface area contributed by atoms with E-state index in [4.69, 9.17) is 5.11 Å². The lowest BCUT2D eigenvalue weighted by atomic mass is 10.0. The maximum Gasteiger partial charge on any atom is 0.264 e. The van der Waals surface area contributed by atoms with Crippen LogP contribution in [0, 0.1) is 0 Å². The van der Waals surface area contributed by atoms with Gasteiger partial charge in [0.05, 0.1) is 19.0 Å². The molecule has 3 N–H and O–H groups in total. The van der Waals surface area contributed by atoms with Crippen LogP contribution in [-0.2, 0) is 14.3 Å². The first-order valence-corrected chi connectivity index (χ1v) is 12.0. The second-order valence-electron chi connectivity index (χ2n) is 7.26. The molecule has 3 atom stereocenters. The van der Waals surface area contributed by atoms with Gasteiger partial charge in [-0.05, 0) is 6.42 Å². The molecule has 0 radical (unpaired) electrons. The minimum absolute atomic E-state index is 0.363. The molecule has 0 heterocycles. The van der Waals surface area contributed by atoms with Crippen LogP contribution in [0.15, 0.2) is 0 Å². The number of unbranched alkanes of at least 4 members (excludes halogenated alkanes) is 11. The molecule has 0 fully saturated rings. The van der Waals surface area contributed by atoms with Gasteiger partial charge in [0, 0.05) is 0 Å². The lowest BCUT2D eigenvalue weighted by Crippen LogP contribution is -2.42. The van der Waals surface area contributed by atoms with Crippen molar-refractivity contribution in [3.8, 4) is 0 Å². The van der Waals surface area contributed by atoms with Crippen molar-refractivity contribution in [3.05, 3.63) is 0 Å². The van der Waals surface area contributed by atoms with Crippen LogP contribution in [0.2, 0.25) is 0 Å². The summed E-state index contributed by atoms with van der Waals surface area (Å²) in [6.45, 7) is 1.57. The van der Waals surface area contributed by atoms with Gasteiger partial charge in [-0.2, -0.15) is 8.42 Å². The van der Waals surface area contributed by atoms with Gasteiger partial charge in [0.2, 0.25) is 0 Å². The van der Waals surface area contributed by atoms with Crippen molar-refractivity contribution in [2.75, 3.05) is 12.9 Å². The Morgan fingerprint density at radius 1 is 0.808 bits per heavy atom. The third-order valence-electron chi connectivity index (χ3n) is 4.61. The quantitative estimate of drug-likeness (QED) is 0.243. The van der Waals surface area contributed by atoms with Crippen LogP contribution in [0.4, 0.5) is 0 Å². The standard InChI is InChI=1S/C19H40O6S/c1-3-4-5-6-7-8-9-10-11-12-13-14-15-17(21)19(22)18(16-20)25-26(2,23)24/h17-22H,3-16H2,1-2H3. The molecule has 0 bridgehead atoms. The van der Waals surface area contributed by atoms with E-state index < -0.39 is 35.0 Å². The SMILES string of the molecule is CCCCCCCCCCCCCCC(O)C(O)C(CO)OS(C)(=O)=O. The van der Waals surface area contributed by atoms with Gasteiger partial charge >= 0.3 is 0 Å². The van der Waals surface area contributed by atoms with E-state index in [0.717, 1.165) is 25.5 Å².